The number of benzene rings is 1. The predicted octanol–water partition coefficient (Wildman–Crippen LogP) is 1.53. The normalized spacial score (nSPS) is 12.0. The lowest BCUT2D eigenvalue weighted by Crippen LogP contribution is -2.41. The number of hydrogen-bond donors (Lipinski definition) is 0. The summed E-state index contributed by atoms with van der Waals surface area (Å²) in [5.74, 6) is -2.95. The van der Waals surface area contributed by atoms with Crippen LogP contribution in [0.4, 0.5) is 8.78 Å². The Bertz CT molecular complexity index is 382. The van der Waals surface area contributed by atoms with Gasteiger partial charge >= 0.3 is 0 Å². The van der Waals surface area contributed by atoms with Gasteiger partial charge in [0.1, 0.15) is 0 Å². The molecule has 102 valence electrons. The molecule has 0 aliphatic rings. The predicted molar refractivity (Wildman–Crippen MR) is 67.1 cm³/mol. The SMILES string of the molecule is CCOC(Cc1ccc(F)c(F)c1)(O[SiH3])OCC. The van der Waals surface area contributed by atoms with E-state index in [2.05, 4.69) is 0 Å². The van der Waals surface area contributed by atoms with E-state index in [4.69, 9.17) is 13.9 Å². The Morgan fingerprint density at radius 1 is 1.11 bits per heavy atom. The van der Waals surface area contributed by atoms with Crippen LogP contribution in [0.2, 0.25) is 0 Å². The third-order valence-corrected chi connectivity index (χ3v) is 3.07. The zero-order valence-corrected chi connectivity index (χ0v) is 12.8. The average Bonchev–Trinajstić information content (AvgIpc) is 2.34. The molecule has 0 heterocycles. The molecule has 3 nitrogen and oxygen atoms in total. The fraction of sp³-hybridized carbons (Fsp3) is 0.500. The minimum atomic E-state index is -1.19. The Morgan fingerprint density at radius 2 is 1.72 bits per heavy atom. The molecular formula is C12H18F2O3Si. The minimum absolute atomic E-state index is 0.218. The topological polar surface area (TPSA) is 27.7 Å². The first kappa shape index (κ1) is 15.2. The van der Waals surface area contributed by atoms with Crippen molar-refractivity contribution in [2.45, 2.75) is 26.2 Å². The van der Waals surface area contributed by atoms with Gasteiger partial charge in [-0.05, 0) is 31.5 Å². The zero-order chi connectivity index (χ0) is 13.6. The molecule has 1 rings (SSSR count). The number of halogens is 2. The first-order chi connectivity index (χ1) is 8.56. The number of ether oxygens (including phenoxy) is 2. The lowest BCUT2D eigenvalue weighted by Gasteiger charge is -2.32. The van der Waals surface area contributed by atoms with E-state index in [0.29, 0.717) is 29.3 Å². The Kier molecular flexibility index (Phi) is 5.87. The minimum Gasteiger partial charge on any atom is -0.380 e. The molecule has 0 amide bonds. The summed E-state index contributed by atoms with van der Waals surface area (Å²) in [4.78, 5) is 0. The fourth-order valence-corrected chi connectivity index (χ4v) is 2.05. The van der Waals surface area contributed by atoms with Crippen molar-refractivity contribution in [2.75, 3.05) is 13.2 Å². The Morgan fingerprint density at radius 3 is 2.17 bits per heavy atom. The van der Waals surface area contributed by atoms with Crippen LogP contribution in [0, 0.1) is 11.6 Å². The fourth-order valence-electron chi connectivity index (χ4n) is 1.67. The van der Waals surface area contributed by atoms with Gasteiger partial charge in [-0.1, -0.05) is 6.07 Å². The third-order valence-electron chi connectivity index (χ3n) is 2.44. The van der Waals surface area contributed by atoms with E-state index in [1.165, 1.54) is 6.07 Å². The molecule has 0 bridgehead atoms. The molecule has 1 aromatic carbocycles. The van der Waals surface area contributed by atoms with E-state index in [9.17, 15) is 8.78 Å². The van der Waals surface area contributed by atoms with Gasteiger partial charge in [-0.25, -0.2) is 8.78 Å². The largest absolute Gasteiger partial charge is 0.380 e. The molecule has 0 aromatic heterocycles. The Labute approximate surface area is 109 Å². The summed E-state index contributed by atoms with van der Waals surface area (Å²) in [7, 11) is 0.414. The summed E-state index contributed by atoms with van der Waals surface area (Å²) in [6.07, 6.45) is 0.218. The van der Waals surface area contributed by atoms with Crippen LogP contribution in [0.15, 0.2) is 18.2 Å². The van der Waals surface area contributed by atoms with Crippen molar-refractivity contribution in [2.24, 2.45) is 0 Å². The second-order valence-corrected chi connectivity index (χ2v) is 4.09. The van der Waals surface area contributed by atoms with E-state index in [1.807, 2.05) is 13.8 Å². The van der Waals surface area contributed by atoms with Crippen molar-refractivity contribution in [1.29, 1.82) is 0 Å². The van der Waals surface area contributed by atoms with Crippen molar-refractivity contribution in [3.63, 3.8) is 0 Å². The maximum atomic E-state index is 13.1. The second kappa shape index (κ2) is 6.94. The molecule has 0 saturated carbocycles. The van der Waals surface area contributed by atoms with Crippen LogP contribution in [0.3, 0.4) is 0 Å². The third kappa shape index (κ3) is 3.84. The average molecular weight is 276 g/mol. The van der Waals surface area contributed by atoms with E-state index in [1.54, 1.807) is 0 Å². The summed E-state index contributed by atoms with van der Waals surface area (Å²) in [5, 5.41) is 0. The van der Waals surface area contributed by atoms with Gasteiger partial charge in [0.15, 0.2) is 22.1 Å². The van der Waals surface area contributed by atoms with Crippen molar-refractivity contribution in [3.8, 4) is 0 Å². The Balaban J connectivity index is 2.90. The highest BCUT2D eigenvalue weighted by molar-refractivity contribution is 5.98. The molecule has 0 N–H and O–H groups in total. The van der Waals surface area contributed by atoms with Gasteiger partial charge in [0.25, 0.3) is 5.97 Å². The van der Waals surface area contributed by atoms with Crippen molar-refractivity contribution < 1.29 is 22.7 Å². The molecule has 18 heavy (non-hydrogen) atoms. The lowest BCUT2D eigenvalue weighted by atomic mass is 10.1. The molecule has 0 spiro atoms. The smallest absolute Gasteiger partial charge is 0.276 e. The van der Waals surface area contributed by atoms with Crippen LogP contribution in [-0.4, -0.2) is 29.7 Å². The maximum absolute atomic E-state index is 13.1. The summed E-state index contributed by atoms with van der Waals surface area (Å²) >= 11 is 0. The lowest BCUT2D eigenvalue weighted by molar-refractivity contribution is -0.339. The molecule has 0 fully saturated rings. The summed E-state index contributed by atoms with van der Waals surface area (Å²) in [6.45, 7) is 4.46. The van der Waals surface area contributed by atoms with Gasteiger partial charge in [0.05, 0.1) is 6.42 Å². The summed E-state index contributed by atoms with van der Waals surface area (Å²) in [6, 6.07) is 3.70. The first-order valence-electron chi connectivity index (χ1n) is 5.84. The van der Waals surface area contributed by atoms with Crippen LogP contribution in [0.25, 0.3) is 0 Å². The number of rotatable bonds is 7. The van der Waals surface area contributed by atoms with Crippen molar-refractivity contribution in [3.05, 3.63) is 35.4 Å². The second-order valence-electron chi connectivity index (χ2n) is 3.68. The highest BCUT2D eigenvalue weighted by atomic mass is 28.2. The molecular weight excluding hydrogens is 258 g/mol. The first-order valence-corrected chi connectivity index (χ1v) is 6.65. The summed E-state index contributed by atoms with van der Waals surface area (Å²) < 4.78 is 42.3. The van der Waals surface area contributed by atoms with E-state index >= 15 is 0 Å². The van der Waals surface area contributed by atoms with Gasteiger partial charge < -0.3 is 13.9 Å². The van der Waals surface area contributed by atoms with Crippen LogP contribution in [-0.2, 0) is 20.3 Å². The molecule has 0 aliphatic carbocycles. The van der Waals surface area contributed by atoms with Gasteiger partial charge in [-0.2, -0.15) is 0 Å². The molecule has 1 aromatic rings. The summed E-state index contributed by atoms with van der Waals surface area (Å²) in [5.41, 5.74) is 0.562. The standard InChI is InChI=1S/C12H18F2O3Si/c1-3-15-12(17-18,16-4-2)8-9-5-6-10(13)11(14)7-9/h5-7H,3-4,8H2,1-2,18H3. The van der Waals surface area contributed by atoms with Crippen LogP contribution in [0.5, 0.6) is 0 Å². The molecule has 0 unspecified atom stereocenters. The van der Waals surface area contributed by atoms with Gasteiger partial charge in [-0.3, -0.25) is 0 Å². The van der Waals surface area contributed by atoms with Crippen LogP contribution < -0.4 is 0 Å². The van der Waals surface area contributed by atoms with Crippen LogP contribution >= 0.6 is 0 Å². The Hall–Kier alpha value is -0.823. The number of hydrogen-bond acceptors (Lipinski definition) is 3. The molecule has 0 saturated heterocycles. The zero-order valence-electron chi connectivity index (χ0n) is 10.8. The van der Waals surface area contributed by atoms with Crippen LogP contribution in [0.1, 0.15) is 19.4 Å². The van der Waals surface area contributed by atoms with Gasteiger partial charge in [-0.15, -0.1) is 0 Å². The highest BCUT2D eigenvalue weighted by Gasteiger charge is 2.31. The van der Waals surface area contributed by atoms with E-state index in [-0.39, 0.29) is 6.42 Å². The maximum Gasteiger partial charge on any atom is 0.276 e. The molecule has 0 atom stereocenters. The monoisotopic (exact) mass is 276 g/mol. The molecule has 0 radical (unpaired) electrons. The van der Waals surface area contributed by atoms with Gasteiger partial charge in [0.2, 0.25) is 0 Å². The quantitative estimate of drug-likeness (QED) is 0.558. The van der Waals surface area contributed by atoms with E-state index < -0.39 is 17.6 Å². The van der Waals surface area contributed by atoms with Crippen molar-refractivity contribution in [1.82, 2.24) is 0 Å². The molecule has 6 heteroatoms. The van der Waals surface area contributed by atoms with Gasteiger partial charge in [0, 0.05) is 13.2 Å². The highest BCUT2D eigenvalue weighted by Crippen LogP contribution is 2.22. The molecule has 0 aliphatic heterocycles. The van der Waals surface area contributed by atoms with Crippen molar-refractivity contribution >= 4 is 10.5 Å². The van der Waals surface area contributed by atoms with E-state index in [0.717, 1.165) is 12.1 Å².